The smallest absolute Gasteiger partial charge is 0.342 e. The summed E-state index contributed by atoms with van der Waals surface area (Å²) in [5, 5.41) is 9.45. The lowest BCUT2D eigenvalue weighted by molar-refractivity contribution is 0.0526. The maximum absolute atomic E-state index is 12.6. The number of fused-ring (bicyclic) bond motifs is 1. The van der Waals surface area contributed by atoms with E-state index in [-0.39, 0.29) is 28.3 Å². The van der Waals surface area contributed by atoms with Gasteiger partial charge in [0.15, 0.2) is 0 Å². The van der Waals surface area contributed by atoms with Crippen LogP contribution in [-0.4, -0.2) is 32.1 Å². The van der Waals surface area contributed by atoms with Crippen LogP contribution in [0.25, 0.3) is 11.0 Å². The van der Waals surface area contributed by atoms with Crippen molar-refractivity contribution in [1.82, 2.24) is 0 Å². The van der Waals surface area contributed by atoms with Crippen LogP contribution in [0.2, 0.25) is 0 Å². The fourth-order valence-corrected chi connectivity index (χ4v) is 3.85. The second-order valence-electron chi connectivity index (χ2n) is 5.90. The summed E-state index contributed by atoms with van der Waals surface area (Å²) in [4.78, 5) is 23.1. The van der Waals surface area contributed by atoms with E-state index >= 15 is 0 Å². The number of benzene rings is 2. The molecule has 0 amide bonds. The minimum atomic E-state index is -4.03. The first-order valence-electron chi connectivity index (χ1n) is 8.29. The van der Waals surface area contributed by atoms with Crippen molar-refractivity contribution in [2.24, 2.45) is 0 Å². The Hall–Kier alpha value is -3.33. The van der Waals surface area contributed by atoms with Gasteiger partial charge in [-0.1, -0.05) is 6.07 Å². The molecule has 28 heavy (non-hydrogen) atoms. The van der Waals surface area contributed by atoms with Gasteiger partial charge in [-0.2, -0.15) is 0 Å². The average Bonchev–Trinajstić information content (AvgIpc) is 2.97. The van der Waals surface area contributed by atoms with Crippen LogP contribution < -0.4 is 4.72 Å². The molecule has 0 atom stereocenters. The molecule has 0 aliphatic carbocycles. The van der Waals surface area contributed by atoms with Gasteiger partial charge >= 0.3 is 11.9 Å². The summed E-state index contributed by atoms with van der Waals surface area (Å²) in [7, 11) is -4.03. The van der Waals surface area contributed by atoms with E-state index in [0.717, 1.165) is 6.07 Å². The maximum atomic E-state index is 12.6. The second-order valence-corrected chi connectivity index (χ2v) is 7.59. The van der Waals surface area contributed by atoms with Gasteiger partial charge in [0.2, 0.25) is 0 Å². The molecule has 2 aromatic carbocycles. The minimum Gasteiger partial charge on any atom is -0.478 e. The van der Waals surface area contributed by atoms with Crippen LogP contribution in [0.5, 0.6) is 0 Å². The molecule has 9 heteroatoms. The Bertz CT molecular complexity index is 1180. The van der Waals surface area contributed by atoms with Gasteiger partial charge in [0.25, 0.3) is 10.0 Å². The zero-order valence-electron chi connectivity index (χ0n) is 15.1. The summed E-state index contributed by atoms with van der Waals surface area (Å²) >= 11 is 0. The van der Waals surface area contributed by atoms with Crippen molar-refractivity contribution >= 4 is 38.6 Å². The third-order valence-corrected chi connectivity index (χ3v) is 5.37. The van der Waals surface area contributed by atoms with Gasteiger partial charge < -0.3 is 14.3 Å². The quantitative estimate of drug-likeness (QED) is 0.605. The SMILES string of the molecule is CCOC(=O)c1c(C)oc2ccc(NS(=O)(=O)c3cccc(C(=O)O)c3)cc12. The van der Waals surface area contributed by atoms with Gasteiger partial charge in [0, 0.05) is 11.1 Å². The lowest BCUT2D eigenvalue weighted by Gasteiger charge is -2.09. The number of carboxylic acids is 1. The molecule has 0 unspecified atom stereocenters. The van der Waals surface area contributed by atoms with Crippen LogP contribution in [-0.2, 0) is 14.8 Å². The third-order valence-electron chi connectivity index (χ3n) is 3.99. The molecule has 1 aromatic heterocycles. The number of aromatic carboxylic acids is 1. The predicted molar refractivity (Wildman–Crippen MR) is 101 cm³/mol. The van der Waals surface area contributed by atoms with Crippen molar-refractivity contribution in [3.05, 3.63) is 59.4 Å². The normalized spacial score (nSPS) is 11.4. The summed E-state index contributed by atoms with van der Waals surface area (Å²) in [6, 6.07) is 9.49. The third kappa shape index (κ3) is 3.70. The number of carbonyl (C=O) groups is 2. The average molecular weight is 403 g/mol. The summed E-state index contributed by atoms with van der Waals surface area (Å²) in [6.45, 7) is 3.49. The Morgan fingerprint density at radius 3 is 2.61 bits per heavy atom. The zero-order valence-corrected chi connectivity index (χ0v) is 15.9. The molecule has 0 bridgehead atoms. The highest BCUT2D eigenvalue weighted by Crippen LogP contribution is 2.29. The first-order valence-corrected chi connectivity index (χ1v) is 9.77. The Balaban J connectivity index is 2.00. The number of aryl methyl sites for hydroxylation is 1. The molecule has 0 spiro atoms. The van der Waals surface area contributed by atoms with E-state index in [9.17, 15) is 18.0 Å². The van der Waals surface area contributed by atoms with Crippen molar-refractivity contribution in [2.75, 3.05) is 11.3 Å². The van der Waals surface area contributed by atoms with Crippen LogP contribution in [0.4, 0.5) is 5.69 Å². The summed E-state index contributed by atoms with van der Waals surface area (Å²) in [6.07, 6.45) is 0. The fraction of sp³-hybridized carbons (Fsp3) is 0.158. The summed E-state index contributed by atoms with van der Waals surface area (Å²) < 4.78 is 38.2. The van der Waals surface area contributed by atoms with Crippen LogP contribution in [0.3, 0.4) is 0 Å². The fourth-order valence-electron chi connectivity index (χ4n) is 2.75. The van der Waals surface area contributed by atoms with Crippen LogP contribution in [0.1, 0.15) is 33.4 Å². The monoisotopic (exact) mass is 403 g/mol. The van der Waals surface area contributed by atoms with E-state index in [1.165, 1.54) is 36.4 Å². The van der Waals surface area contributed by atoms with Crippen molar-refractivity contribution in [2.45, 2.75) is 18.7 Å². The lowest BCUT2D eigenvalue weighted by Crippen LogP contribution is -2.13. The molecule has 3 rings (SSSR count). The molecule has 0 saturated carbocycles. The van der Waals surface area contributed by atoms with E-state index in [1.54, 1.807) is 13.8 Å². The van der Waals surface area contributed by atoms with Crippen molar-refractivity contribution in [3.63, 3.8) is 0 Å². The van der Waals surface area contributed by atoms with E-state index in [4.69, 9.17) is 14.3 Å². The van der Waals surface area contributed by atoms with Gasteiger partial charge in [-0.05, 0) is 50.2 Å². The highest BCUT2D eigenvalue weighted by atomic mass is 32.2. The van der Waals surface area contributed by atoms with Crippen LogP contribution in [0, 0.1) is 6.92 Å². The van der Waals surface area contributed by atoms with Crippen molar-refractivity contribution in [3.8, 4) is 0 Å². The largest absolute Gasteiger partial charge is 0.478 e. The molecule has 0 aliphatic heterocycles. The molecule has 3 aromatic rings. The molecule has 0 aliphatic rings. The minimum absolute atomic E-state index is 0.145. The van der Waals surface area contributed by atoms with E-state index in [0.29, 0.717) is 16.7 Å². The summed E-state index contributed by atoms with van der Waals surface area (Å²) in [5.74, 6) is -1.43. The Kier molecular flexibility index (Phi) is 5.10. The Morgan fingerprint density at radius 2 is 1.93 bits per heavy atom. The Morgan fingerprint density at radius 1 is 1.18 bits per heavy atom. The molecule has 8 nitrogen and oxygen atoms in total. The van der Waals surface area contributed by atoms with Gasteiger partial charge in [0.05, 0.1) is 17.1 Å². The maximum Gasteiger partial charge on any atom is 0.342 e. The molecule has 146 valence electrons. The molecular formula is C19H17NO7S. The van der Waals surface area contributed by atoms with Gasteiger partial charge in [-0.25, -0.2) is 18.0 Å². The highest BCUT2D eigenvalue weighted by molar-refractivity contribution is 7.92. The highest BCUT2D eigenvalue weighted by Gasteiger charge is 2.21. The number of esters is 1. The van der Waals surface area contributed by atoms with E-state index in [2.05, 4.69) is 4.72 Å². The number of carboxylic acid groups (broad SMARTS) is 1. The summed E-state index contributed by atoms with van der Waals surface area (Å²) in [5.41, 5.74) is 0.690. The zero-order chi connectivity index (χ0) is 20.5. The first kappa shape index (κ1) is 19.4. The number of nitrogens with one attached hydrogen (secondary N) is 1. The van der Waals surface area contributed by atoms with Gasteiger partial charge in [-0.3, -0.25) is 4.72 Å². The standard InChI is InChI=1S/C19H17NO7S/c1-3-26-19(23)17-11(2)27-16-8-7-13(10-15(16)17)20-28(24,25)14-6-4-5-12(9-14)18(21)22/h4-10,20H,3H2,1-2H3,(H,21,22). The number of anilines is 1. The predicted octanol–water partition coefficient (Wildman–Crippen LogP) is 3.42. The molecule has 0 fully saturated rings. The number of furan rings is 1. The topological polar surface area (TPSA) is 123 Å². The van der Waals surface area contributed by atoms with Gasteiger partial charge in [-0.15, -0.1) is 0 Å². The number of hydrogen-bond acceptors (Lipinski definition) is 6. The van der Waals surface area contributed by atoms with Crippen molar-refractivity contribution < 1.29 is 32.3 Å². The van der Waals surface area contributed by atoms with E-state index in [1.807, 2.05) is 0 Å². The molecule has 2 N–H and O–H groups in total. The van der Waals surface area contributed by atoms with Crippen LogP contribution in [0.15, 0.2) is 51.8 Å². The molecule has 1 heterocycles. The molecule has 0 radical (unpaired) electrons. The molecular weight excluding hydrogens is 386 g/mol. The van der Waals surface area contributed by atoms with Crippen molar-refractivity contribution in [1.29, 1.82) is 0 Å². The number of sulfonamides is 1. The second kappa shape index (κ2) is 7.35. The number of rotatable bonds is 6. The first-order chi connectivity index (χ1) is 13.2. The lowest BCUT2D eigenvalue weighted by atomic mass is 10.1. The number of ether oxygens (including phenoxy) is 1. The van der Waals surface area contributed by atoms with Gasteiger partial charge in [0.1, 0.15) is 16.9 Å². The number of carbonyl (C=O) groups excluding carboxylic acids is 1. The van der Waals surface area contributed by atoms with Crippen LogP contribution >= 0.6 is 0 Å². The molecule has 0 saturated heterocycles. The van der Waals surface area contributed by atoms with E-state index < -0.39 is 22.0 Å². The number of hydrogen-bond donors (Lipinski definition) is 2. The Labute approximate surface area is 160 Å².